The third-order valence-corrected chi connectivity index (χ3v) is 7.53. The van der Waals surface area contributed by atoms with E-state index >= 15 is 0 Å². The van der Waals surface area contributed by atoms with E-state index in [1.165, 1.54) is 23.3 Å². The first-order chi connectivity index (χ1) is 18.7. The number of anilines is 1. The Bertz CT molecular complexity index is 1460. The molecule has 0 saturated carbocycles. The largest absolute Gasteiger partial charge is 0.350 e. The van der Waals surface area contributed by atoms with E-state index in [0.717, 1.165) is 16.7 Å². The summed E-state index contributed by atoms with van der Waals surface area (Å²) in [7, 11) is 3.39. The molecule has 0 bridgehead atoms. The van der Waals surface area contributed by atoms with Crippen LogP contribution >= 0.6 is 23.8 Å². The molecule has 0 radical (unpaired) electrons. The summed E-state index contributed by atoms with van der Waals surface area (Å²) in [6.45, 7) is 0.593. The molecule has 9 nitrogen and oxygen atoms in total. The van der Waals surface area contributed by atoms with Gasteiger partial charge in [-0.05, 0) is 66.4 Å². The van der Waals surface area contributed by atoms with Gasteiger partial charge in [-0.25, -0.2) is 9.37 Å². The van der Waals surface area contributed by atoms with Gasteiger partial charge in [-0.2, -0.15) is 0 Å². The zero-order chi connectivity index (χ0) is 27.7. The van der Waals surface area contributed by atoms with Gasteiger partial charge < -0.3 is 15.5 Å². The Kier molecular flexibility index (Phi) is 7.62. The minimum atomic E-state index is -0.559. The SMILES string of the molecule is CN1CC[C@@H](NC(=O)c2cnc(N(C)NC(=S)NC3c4cnccc4CCc4c(F)cccc43)c(Cl)c2)C1=O. The van der Waals surface area contributed by atoms with E-state index in [4.69, 9.17) is 23.8 Å². The van der Waals surface area contributed by atoms with Gasteiger partial charge in [0.15, 0.2) is 10.9 Å². The van der Waals surface area contributed by atoms with Crippen molar-refractivity contribution in [1.82, 2.24) is 30.9 Å². The number of aromatic nitrogens is 2. The van der Waals surface area contributed by atoms with Crippen LogP contribution < -0.4 is 21.1 Å². The number of thiocarbonyl (C=S) groups is 1. The van der Waals surface area contributed by atoms with Gasteiger partial charge in [-0.15, -0.1) is 0 Å². The summed E-state index contributed by atoms with van der Waals surface area (Å²) in [5, 5.41) is 8.04. The summed E-state index contributed by atoms with van der Waals surface area (Å²) < 4.78 is 14.7. The average Bonchev–Trinajstić information content (AvgIpc) is 3.13. The number of pyridine rings is 2. The van der Waals surface area contributed by atoms with Gasteiger partial charge in [-0.1, -0.05) is 23.7 Å². The number of likely N-dealkylation sites (tertiary alicyclic amines) is 1. The van der Waals surface area contributed by atoms with Crippen LogP contribution in [0.4, 0.5) is 10.2 Å². The molecule has 3 aromatic rings. The van der Waals surface area contributed by atoms with Crippen LogP contribution in [0.3, 0.4) is 0 Å². The van der Waals surface area contributed by atoms with Crippen molar-refractivity contribution in [3.8, 4) is 0 Å². The molecule has 2 atom stereocenters. The van der Waals surface area contributed by atoms with Gasteiger partial charge in [0.2, 0.25) is 5.91 Å². The van der Waals surface area contributed by atoms with Crippen LogP contribution in [0.2, 0.25) is 5.02 Å². The second-order valence-corrected chi connectivity index (χ2v) is 10.4. The monoisotopic (exact) mass is 567 g/mol. The molecule has 3 heterocycles. The average molecular weight is 568 g/mol. The number of hydrogen-bond acceptors (Lipinski definition) is 6. The van der Waals surface area contributed by atoms with E-state index in [9.17, 15) is 14.0 Å². The lowest BCUT2D eigenvalue weighted by molar-refractivity contribution is -0.128. The minimum absolute atomic E-state index is 0.124. The van der Waals surface area contributed by atoms with Gasteiger partial charge in [0.1, 0.15) is 11.9 Å². The zero-order valence-corrected chi connectivity index (χ0v) is 22.9. The van der Waals surface area contributed by atoms with Crippen LogP contribution in [0.15, 0.2) is 48.9 Å². The molecule has 2 aromatic heterocycles. The van der Waals surface area contributed by atoms with Crippen molar-refractivity contribution in [3.05, 3.63) is 87.6 Å². The number of aryl methyl sites for hydroxylation is 1. The molecule has 1 saturated heterocycles. The molecule has 1 aliphatic carbocycles. The minimum Gasteiger partial charge on any atom is -0.350 e. The van der Waals surface area contributed by atoms with E-state index in [0.29, 0.717) is 37.2 Å². The van der Waals surface area contributed by atoms with Gasteiger partial charge in [-0.3, -0.25) is 25.0 Å². The molecule has 1 fully saturated rings. The first-order valence-corrected chi connectivity index (χ1v) is 13.2. The maximum Gasteiger partial charge on any atom is 0.253 e. The van der Waals surface area contributed by atoms with Gasteiger partial charge >= 0.3 is 0 Å². The third-order valence-electron chi connectivity index (χ3n) is 7.05. The molecule has 1 unspecified atom stereocenters. The Morgan fingerprint density at radius 1 is 1.21 bits per heavy atom. The molecule has 2 aliphatic rings. The number of nitrogens with zero attached hydrogens (tertiary/aromatic N) is 4. The van der Waals surface area contributed by atoms with Gasteiger partial charge in [0.25, 0.3) is 5.91 Å². The second-order valence-electron chi connectivity index (χ2n) is 9.56. The topological polar surface area (TPSA) is 102 Å². The van der Waals surface area contributed by atoms with Crippen molar-refractivity contribution in [2.75, 3.05) is 25.6 Å². The molecule has 0 spiro atoms. The van der Waals surface area contributed by atoms with Gasteiger partial charge in [0, 0.05) is 44.8 Å². The fraction of sp³-hybridized carbons (Fsp3) is 0.296. The number of hydrazine groups is 1. The maximum absolute atomic E-state index is 14.7. The number of likely N-dealkylation sites (N-methyl/N-ethyl adjacent to an activating group) is 1. The fourth-order valence-electron chi connectivity index (χ4n) is 4.98. The van der Waals surface area contributed by atoms with Crippen molar-refractivity contribution in [3.63, 3.8) is 0 Å². The van der Waals surface area contributed by atoms with E-state index < -0.39 is 18.0 Å². The number of carbonyl (C=O) groups is 2. The molecular formula is C27H27ClFN7O2S. The summed E-state index contributed by atoms with van der Waals surface area (Å²) >= 11 is 12.1. The number of carbonyl (C=O) groups excluding carboxylic acids is 2. The maximum atomic E-state index is 14.7. The lowest BCUT2D eigenvalue weighted by atomic mass is 9.96. The number of hydrogen-bond donors (Lipinski definition) is 3. The summed E-state index contributed by atoms with van der Waals surface area (Å²) in [6, 6.07) is 7.51. The van der Waals surface area contributed by atoms with Crippen LogP contribution in [0.25, 0.3) is 0 Å². The van der Waals surface area contributed by atoms with Crippen molar-refractivity contribution in [1.29, 1.82) is 0 Å². The van der Waals surface area contributed by atoms with Crippen LogP contribution in [0.1, 0.15) is 45.1 Å². The highest BCUT2D eigenvalue weighted by Crippen LogP contribution is 2.33. The van der Waals surface area contributed by atoms with Crippen molar-refractivity contribution < 1.29 is 14.0 Å². The summed E-state index contributed by atoms with van der Waals surface area (Å²) in [6.07, 6.45) is 6.71. The van der Waals surface area contributed by atoms with E-state index in [1.54, 1.807) is 37.5 Å². The van der Waals surface area contributed by atoms with E-state index in [2.05, 4.69) is 26.0 Å². The Morgan fingerprint density at radius 3 is 2.77 bits per heavy atom. The standard InChI is InChI=1S/C27H27ClFN7O2S/c1-35-11-9-22(26(35)38)32-25(37)16-12-20(28)24(31-13-16)36(2)34-27(39)33-23-18-4-3-5-21(29)17(18)7-6-15-8-10-30-14-19(15)23/h3-5,8,10,12-14,22-23H,6-7,9,11H2,1-2H3,(H,32,37)(H2,33,34,39)/t22-,23?/m1/s1. The molecule has 1 aliphatic heterocycles. The second kappa shape index (κ2) is 11.1. The molecular weight excluding hydrogens is 541 g/mol. The lowest BCUT2D eigenvalue weighted by Gasteiger charge is -2.27. The molecule has 3 N–H and O–H groups in total. The molecule has 202 valence electrons. The Hall–Kier alpha value is -3.83. The van der Waals surface area contributed by atoms with Crippen molar-refractivity contribution in [2.45, 2.75) is 31.3 Å². The smallest absolute Gasteiger partial charge is 0.253 e. The third kappa shape index (κ3) is 5.50. The van der Waals surface area contributed by atoms with Gasteiger partial charge in [0.05, 0.1) is 16.6 Å². The molecule has 2 amide bonds. The fourth-order valence-corrected chi connectivity index (χ4v) is 5.53. The zero-order valence-electron chi connectivity index (χ0n) is 21.4. The number of halogens is 2. The highest BCUT2D eigenvalue weighted by atomic mass is 35.5. The number of amides is 2. The first kappa shape index (κ1) is 26.8. The van der Waals surface area contributed by atoms with Crippen LogP contribution in [0.5, 0.6) is 0 Å². The van der Waals surface area contributed by atoms with Crippen molar-refractivity contribution in [2.24, 2.45) is 0 Å². The van der Waals surface area contributed by atoms with E-state index in [1.807, 2.05) is 12.1 Å². The molecule has 39 heavy (non-hydrogen) atoms. The first-order valence-electron chi connectivity index (χ1n) is 12.4. The summed E-state index contributed by atoms with van der Waals surface area (Å²) in [5.74, 6) is -0.464. The predicted octanol–water partition coefficient (Wildman–Crippen LogP) is 2.93. The molecule has 1 aromatic carbocycles. The predicted molar refractivity (Wildman–Crippen MR) is 150 cm³/mol. The Labute approximate surface area is 235 Å². The number of fused-ring (bicyclic) bond motifs is 2. The Morgan fingerprint density at radius 2 is 2.03 bits per heavy atom. The van der Waals surface area contributed by atoms with Crippen LogP contribution in [-0.4, -0.2) is 58.5 Å². The van der Waals surface area contributed by atoms with E-state index in [-0.39, 0.29) is 27.4 Å². The Balaban J connectivity index is 1.30. The highest BCUT2D eigenvalue weighted by molar-refractivity contribution is 7.80. The van der Waals surface area contributed by atoms with Crippen molar-refractivity contribution >= 4 is 46.6 Å². The highest BCUT2D eigenvalue weighted by Gasteiger charge is 2.31. The molecule has 12 heteroatoms. The quantitative estimate of drug-likeness (QED) is 0.319. The number of benzene rings is 1. The number of rotatable bonds is 5. The van der Waals surface area contributed by atoms with Crippen LogP contribution in [-0.2, 0) is 17.6 Å². The lowest BCUT2D eigenvalue weighted by Crippen LogP contribution is -2.47. The summed E-state index contributed by atoms with van der Waals surface area (Å²) in [5.41, 5.74) is 6.71. The summed E-state index contributed by atoms with van der Waals surface area (Å²) in [4.78, 5) is 35.0. The molecule has 5 rings (SSSR count). The number of nitrogens with one attached hydrogen (secondary N) is 3. The normalized spacial score (nSPS) is 18.1. The van der Waals surface area contributed by atoms with Crippen LogP contribution in [0, 0.1) is 5.82 Å².